The molecule has 218 valence electrons. The van der Waals surface area contributed by atoms with Gasteiger partial charge in [-0.1, -0.05) is 20.8 Å². The number of fused-ring (bicyclic) bond motifs is 3. The van der Waals surface area contributed by atoms with Crippen LogP contribution in [0.15, 0.2) is 11.6 Å². The number of carbonyl (C=O) groups excluding carboxylic acids is 2. The molecule has 11 heteroatoms. The quantitative estimate of drug-likeness (QED) is 0.407. The van der Waals surface area contributed by atoms with Crippen LogP contribution in [0.25, 0.3) is 11.4 Å². The summed E-state index contributed by atoms with van der Waals surface area (Å²) in [5.41, 5.74) is 4.34. The van der Waals surface area contributed by atoms with E-state index in [1.807, 2.05) is 16.5 Å². The van der Waals surface area contributed by atoms with E-state index in [9.17, 15) is 9.59 Å². The number of piperidine rings is 2. The van der Waals surface area contributed by atoms with Gasteiger partial charge >= 0.3 is 0 Å². The first-order valence-corrected chi connectivity index (χ1v) is 15.7. The van der Waals surface area contributed by atoms with Gasteiger partial charge in [-0.15, -0.1) is 11.3 Å². The number of amides is 1. The van der Waals surface area contributed by atoms with Crippen LogP contribution in [0.1, 0.15) is 78.8 Å². The molecule has 2 N–H and O–H groups in total. The number of nitrogens with one attached hydrogen (secondary N) is 2. The van der Waals surface area contributed by atoms with Crippen LogP contribution in [0.5, 0.6) is 0 Å². The highest BCUT2D eigenvalue weighted by Crippen LogP contribution is 2.43. The summed E-state index contributed by atoms with van der Waals surface area (Å²) in [6.45, 7) is 10.6. The SMILES string of the molecule is CNc1ncc2c(n1)-c1n[nH]c(C(=O)Cc3nc(CC(=O)N4CCC(N5CCC(C)CC5)CC4)cs3)c1C(C)(C)C2. The minimum atomic E-state index is -0.300. The zero-order chi connectivity index (χ0) is 28.7. The topological polar surface area (TPSA) is 120 Å². The number of hydrogen-bond acceptors (Lipinski definition) is 9. The Bertz CT molecular complexity index is 1430. The van der Waals surface area contributed by atoms with E-state index in [1.54, 1.807) is 7.05 Å². The molecular weight excluding hydrogens is 536 g/mol. The number of anilines is 1. The van der Waals surface area contributed by atoms with Crippen LogP contribution in [-0.4, -0.2) is 85.9 Å². The Morgan fingerprint density at radius 3 is 2.56 bits per heavy atom. The summed E-state index contributed by atoms with van der Waals surface area (Å²) in [4.78, 5) is 44.9. The van der Waals surface area contributed by atoms with Crippen LogP contribution in [0.3, 0.4) is 0 Å². The molecule has 0 spiro atoms. The predicted octanol–water partition coefficient (Wildman–Crippen LogP) is 3.89. The minimum Gasteiger partial charge on any atom is -0.357 e. The molecule has 5 heterocycles. The highest BCUT2D eigenvalue weighted by Gasteiger charge is 2.38. The van der Waals surface area contributed by atoms with E-state index in [-0.39, 0.29) is 29.9 Å². The number of aromatic nitrogens is 5. The summed E-state index contributed by atoms with van der Waals surface area (Å²) in [6, 6.07) is 0.605. The monoisotopic (exact) mass is 576 g/mol. The fourth-order valence-corrected chi connectivity index (χ4v) is 7.47. The molecule has 0 atom stereocenters. The summed E-state index contributed by atoms with van der Waals surface area (Å²) in [5.74, 6) is 1.43. The zero-order valence-electron chi connectivity index (χ0n) is 24.5. The average Bonchev–Trinajstić information content (AvgIpc) is 3.61. The van der Waals surface area contributed by atoms with E-state index < -0.39 is 0 Å². The second-order valence-electron chi connectivity index (χ2n) is 12.5. The van der Waals surface area contributed by atoms with E-state index in [4.69, 9.17) is 0 Å². The van der Waals surface area contributed by atoms with E-state index >= 15 is 0 Å². The van der Waals surface area contributed by atoms with Crippen molar-refractivity contribution in [2.75, 3.05) is 38.5 Å². The van der Waals surface area contributed by atoms with E-state index in [1.165, 1.54) is 37.3 Å². The van der Waals surface area contributed by atoms with E-state index in [0.717, 1.165) is 60.8 Å². The standard InChI is InChI=1S/C30H40N8O2S/c1-18-5-9-37(10-6-18)21-7-11-38(12-8-21)24(40)13-20-17-41-23(33-20)14-22(39)27-25-28(36-35-27)26-19(15-30(25,2)3)16-32-29(31-4)34-26/h16-18,21H,5-15H2,1-4H3,(H,35,36)(H,31,32,34). The first-order valence-electron chi connectivity index (χ1n) is 14.8. The molecule has 6 rings (SSSR count). The van der Waals surface area contributed by atoms with Crippen LogP contribution in [0.4, 0.5) is 5.95 Å². The molecule has 3 aromatic heterocycles. The summed E-state index contributed by atoms with van der Waals surface area (Å²) < 4.78 is 0. The fourth-order valence-electron chi connectivity index (χ4n) is 6.68. The Morgan fingerprint density at radius 1 is 1.07 bits per heavy atom. The Balaban J connectivity index is 1.08. The molecule has 1 aliphatic carbocycles. The zero-order valence-corrected chi connectivity index (χ0v) is 25.3. The van der Waals surface area contributed by atoms with Crippen molar-refractivity contribution in [2.45, 2.75) is 77.2 Å². The van der Waals surface area contributed by atoms with Crippen LogP contribution < -0.4 is 5.32 Å². The highest BCUT2D eigenvalue weighted by molar-refractivity contribution is 7.09. The number of H-pyrrole nitrogens is 1. The van der Waals surface area contributed by atoms with Gasteiger partial charge in [-0.05, 0) is 62.1 Å². The number of hydrogen-bond donors (Lipinski definition) is 2. The van der Waals surface area contributed by atoms with Gasteiger partial charge in [0, 0.05) is 43.3 Å². The molecule has 2 fully saturated rings. The molecule has 2 aliphatic heterocycles. The second-order valence-corrected chi connectivity index (χ2v) is 13.5. The maximum atomic E-state index is 13.5. The highest BCUT2D eigenvalue weighted by atomic mass is 32.1. The average molecular weight is 577 g/mol. The first kappa shape index (κ1) is 28.0. The van der Waals surface area contributed by atoms with Gasteiger partial charge in [0.25, 0.3) is 0 Å². The van der Waals surface area contributed by atoms with Crippen molar-refractivity contribution in [3.8, 4) is 11.4 Å². The van der Waals surface area contributed by atoms with E-state index in [0.29, 0.717) is 28.4 Å². The largest absolute Gasteiger partial charge is 0.357 e. The number of nitrogens with zero attached hydrogens (tertiary/aromatic N) is 6. The molecule has 41 heavy (non-hydrogen) atoms. The van der Waals surface area contributed by atoms with Crippen molar-refractivity contribution in [3.05, 3.63) is 39.1 Å². The van der Waals surface area contributed by atoms with Crippen molar-refractivity contribution in [2.24, 2.45) is 5.92 Å². The van der Waals surface area contributed by atoms with Crippen LogP contribution in [0.2, 0.25) is 0 Å². The predicted molar refractivity (Wildman–Crippen MR) is 159 cm³/mol. The van der Waals surface area contributed by atoms with Crippen molar-refractivity contribution in [1.82, 2.24) is 34.9 Å². The number of thiazole rings is 1. The third kappa shape index (κ3) is 5.66. The van der Waals surface area contributed by atoms with Gasteiger partial charge < -0.3 is 15.1 Å². The van der Waals surface area contributed by atoms with Crippen LogP contribution in [-0.2, 0) is 29.5 Å². The van der Waals surface area contributed by atoms with Crippen molar-refractivity contribution < 1.29 is 9.59 Å². The van der Waals surface area contributed by atoms with Crippen molar-refractivity contribution >= 4 is 29.0 Å². The molecule has 0 unspecified atom stereocenters. The molecule has 10 nitrogen and oxygen atoms in total. The van der Waals surface area contributed by atoms with Gasteiger partial charge in [0.2, 0.25) is 11.9 Å². The van der Waals surface area contributed by atoms with E-state index in [2.05, 4.69) is 56.1 Å². The summed E-state index contributed by atoms with van der Waals surface area (Å²) in [7, 11) is 1.78. The summed E-state index contributed by atoms with van der Waals surface area (Å²) >= 11 is 1.44. The lowest BCUT2D eigenvalue weighted by atomic mass is 9.73. The number of likely N-dealkylation sites (tertiary alicyclic amines) is 2. The number of aromatic amines is 1. The number of rotatable bonds is 7. The molecule has 3 aliphatic rings. The van der Waals surface area contributed by atoms with Crippen molar-refractivity contribution in [3.63, 3.8) is 0 Å². The summed E-state index contributed by atoms with van der Waals surface area (Å²) in [5, 5.41) is 13.2. The van der Waals surface area contributed by atoms with Gasteiger partial charge in [0.15, 0.2) is 5.78 Å². The molecule has 0 radical (unpaired) electrons. The molecule has 0 bridgehead atoms. The third-order valence-corrected chi connectivity index (χ3v) is 9.96. The number of carbonyl (C=O) groups is 2. The maximum Gasteiger partial charge on any atom is 0.228 e. The minimum absolute atomic E-state index is 0.0559. The molecule has 3 aromatic rings. The lowest BCUT2D eigenvalue weighted by Crippen LogP contribution is -2.49. The van der Waals surface area contributed by atoms with Gasteiger partial charge in [0.05, 0.1) is 24.2 Å². The van der Waals surface area contributed by atoms with Gasteiger partial charge in [0.1, 0.15) is 16.4 Å². The molecule has 0 aromatic carbocycles. The van der Waals surface area contributed by atoms with Crippen LogP contribution >= 0.6 is 11.3 Å². The Morgan fingerprint density at radius 2 is 1.83 bits per heavy atom. The summed E-state index contributed by atoms with van der Waals surface area (Å²) in [6.07, 6.45) is 7.68. The molecular formula is C30H40N8O2S. The van der Waals surface area contributed by atoms with Gasteiger partial charge in [-0.2, -0.15) is 5.10 Å². The normalized spacial score (nSPS) is 19.6. The Kier molecular flexibility index (Phi) is 7.67. The number of ketones is 1. The fraction of sp³-hybridized carbons (Fsp3) is 0.600. The second kappa shape index (κ2) is 11.2. The van der Waals surface area contributed by atoms with Gasteiger partial charge in [-0.25, -0.2) is 15.0 Å². The van der Waals surface area contributed by atoms with Crippen molar-refractivity contribution in [1.29, 1.82) is 0 Å². The molecule has 1 amide bonds. The van der Waals surface area contributed by atoms with Crippen LogP contribution in [0, 0.1) is 5.92 Å². The Labute approximate surface area is 245 Å². The number of Topliss-reactive ketones (excluding diaryl/α,β-unsaturated/α-hetero) is 1. The third-order valence-electron chi connectivity index (χ3n) is 9.06. The Hall–Kier alpha value is -3.18. The molecule has 2 saturated heterocycles. The van der Waals surface area contributed by atoms with Gasteiger partial charge in [-0.3, -0.25) is 14.7 Å². The maximum absolute atomic E-state index is 13.5. The lowest BCUT2D eigenvalue weighted by molar-refractivity contribution is -0.132. The molecule has 0 saturated carbocycles. The smallest absolute Gasteiger partial charge is 0.228 e. The lowest BCUT2D eigenvalue weighted by Gasteiger charge is -2.41. The first-order chi connectivity index (χ1) is 19.7.